The maximum atomic E-state index is 13.3. The molecule has 158 valence electrons. The smallest absolute Gasteiger partial charge is 0.261 e. The second-order valence-electron chi connectivity index (χ2n) is 6.50. The van der Waals surface area contributed by atoms with Gasteiger partial charge < -0.3 is 5.32 Å². The fraction of sp³-hybridized carbons (Fsp3) is 0.250. The molecule has 0 unspecified atom stereocenters. The molecule has 1 aromatic heterocycles. The standard InChI is InChI=1S/C20H21FN4O4S/c1-3-25(4-2)30(28,29)16-8-6-15(7-9-16)23-19(26)12-24-13-22-18-11-14(21)5-10-17(18)20(24)27/h5-11,13H,3-4,12H2,1-2H3,(H,23,26). The van der Waals surface area contributed by atoms with Crippen LogP contribution in [0.1, 0.15) is 13.8 Å². The average Bonchev–Trinajstić information content (AvgIpc) is 2.71. The van der Waals surface area contributed by atoms with E-state index in [9.17, 15) is 22.4 Å². The van der Waals surface area contributed by atoms with Gasteiger partial charge in [-0.25, -0.2) is 17.8 Å². The van der Waals surface area contributed by atoms with Crippen molar-refractivity contribution in [3.8, 4) is 0 Å². The maximum Gasteiger partial charge on any atom is 0.261 e. The summed E-state index contributed by atoms with van der Waals surface area (Å²) in [6.07, 6.45) is 1.18. The van der Waals surface area contributed by atoms with Crippen LogP contribution in [0.2, 0.25) is 0 Å². The van der Waals surface area contributed by atoms with Gasteiger partial charge in [0.1, 0.15) is 12.4 Å². The minimum absolute atomic E-state index is 0.131. The minimum atomic E-state index is -3.58. The molecular weight excluding hydrogens is 411 g/mol. The summed E-state index contributed by atoms with van der Waals surface area (Å²) in [5.41, 5.74) is 0.139. The Morgan fingerprint density at radius 1 is 1.13 bits per heavy atom. The summed E-state index contributed by atoms with van der Waals surface area (Å²) < 4.78 is 40.7. The highest BCUT2D eigenvalue weighted by Crippen LogP contribution is 2.18. The third kappa shape index (κ3) is 4.39. The Kier molecular flexibility index (Phi) is 6.28. The van der Waals surface area contributed by atoms with Gasteiger partial charge in [-0.05, 0) is 36.4 Å². The van der Waals surface area contributed by atoms with Crippen LogP contribution in [0.25, 0.3) is 10.9 Å². The molecule has 0 aliphatic carbocycles. The van der Waals surface area contributed by atoms with E-state index in [0.717, 1.165) is 16.7 Å². The minimum Gasteiger partial charge on any atom is -0.325 e. The van der Waals surface area contributed by atoms with E-state index in [2.05, 4.69) is 10.3 Å². The number of aromatic nitrogens is 2. The van der Waals surface area contributed by atoms with E-state index in [1.807, 2.05) is 0 Å². The predicted octanol–water partition coefficient (Wildman–Crippen LogP) is 2.20. The van der Waals surface area contributed by atoms with Crippen LogP contribution in [-0.4, -0.2) is 41.3 Å². The van der Waals surface area contributed by atoms with Gasteiger partial charge in [-0.3, -0.25) is 14.2 Å². The van der Waals surface area contributed by atoms with Gasteiger partial charge in [0.05, 0.1) is 22.1 Å². The van der Waals surface area contributed by atoms with Crippen LogP contribution in [0, 0.1) is 5.82 Å². The molecule has 1 N–H and O–H groups in total. The van der Waals surface area contributed by atoms with Crippen molar-refractivity contribution in [3.05, 3.63) is 65.0 Å². The van der Waals surface area contributed by atoms with Crippen molar-refractivity contribution in [1.29, 1.82) is 0 Å². The number of carbonyl (C=O) groups is 1. The first-order chi connectivity index (χ1) is 14.3. The number of carbonyl (C=O) groups excluding carboxylic acids is 1. The van der Waals surface area contributed by atoms with Gasteiger partial charge in [0.2, 0.25) is 15.9 Å². The number of hydrogen-bond donors (Lipinski definition) is 1. The molecule has 1 amide bonds. The molecule has 2 aromatic carbocycles. The van der Waals surface area contributed by atoms with Gasteiger partial charge in [-0.15, -0.1) is 0 Å². The molecule has 0 aliphatic rings. The van der Waals surface area contributed by atoms with E-state index < -0.39 is 27.3 Å². The number of sulfonamides is 1. The molecule has 0 saturated heterocycles. The molecule has 0 saturated carbocycles. The van der Waals surface area contributed by atoms with Crippen LogP contribution in [0.15, 0.2) is 58.5 Å². The number of fused-ring (bicyclic) bond motifs is 1. The summed E-state index contributed by atoms with van der Waals surface area (Å²) in [6, 6.07) is 9.43. The molecule has 0 bridgehead atoms. The highest BCUT2D eigenvalue weighted by Gasteiger charge is 2.21. The SMILES string of the molecule is CCN(CC)S(=O)(=O)c1ccc(NC(=O)Cn2cnc3cc(F)ccc3c2=O)cc1. The highest BCUT2D eigenvalue weighted by atomic mass is 32.2. The second-order valence-corrected chi connectivity index (χ2v) is 8.44. The Hall–Kier alpha value is -3.11. The van der Waals surface area contributed by atoms with Crippen LogP contribution >= 0.6 is 0 Å². The summed E-state index contributed by atoms with van der Waals surface area (Å²) >= 11 is 0. The lowest BCUT2D eigenvalue weighted by Gasteiger charge is -2.18. The number of nitrogens with one attached hydrogen (secondary N) is 1. The fourth-order valence-corrected chi connectivity index (χ4v) is 4.48. The van der Waals surface area contributed by atoms with Crippen LogP contribution in [0.5, 0.6) is 0 Å². The molecule has 3 aromatic rings. The Morgan fingerprint density at radius 3 is 2.43 bits per heavy atom. The monoisotopic (exact) mass is 432 g/mol. The summed E-state index contributed by atoms with van der Waals surface area (Å²) in [5.74, 6) is -0.990. The fourth-order valence-electron chi connectivity index (χ4n) is 3.02. The van der Waals surface area contributed by atoms with Crippen molar-refractivity contribution in [3.63, 3.8) is 0 Å². The first kappa shape index (κ1) is 21.6. The third-order valence-corrected chi connectivity index (χ3v) is 6.65. The van der Waals surface area contributed by atoms with Crippen molar-refractivity contribution in [2.45, 2.75) is 25.3 Å². The molecule has 0 fully saturated rings. The molecule has 10 heteroatoms. The lowest BCUT2D eigenvalue weighted by atomic mass is 10.2. The van der Waals surface area contributed by atoms with Gasteiger partial charge in [-0.2, -0.15) is 4.31 Å². The molecule has 0 aliphatic heterocycles. The maximum absolute atomic E-state index is 13.3. The van der Waals surface area contributed by atoms with Gasteiger partial charge in [0, 0.05) is 24.8 Å². The van der Waals surface area contributed by atoms with E-state index in [1.165, 1.54) is 41.0 Å². The largest absolute Gasteiger partial charge is 0.325 e. The van der Waals surface area contributed by atoms with Gasteiger partial charge in [0.25, 0.3) is 5.56 Å². The van der Waals surface area contributed by atoms with Gasteiger partial charge in [-0.1, -0.05) is 13.8 Å². The van der Waals surface area contributed by atoms with E-state index in [0.29, 0.717) is 18.8 Å². The molecule has 0 atom stereocenters. The van der Waals surface area contributed by atoms with E-state index >= 15 is 0 Å². The summed E-state index contributed by atoms with van der Waals surface area (Å²) in [7, 11) is -3.58. The quantitative estimate of drug-likeness (QED) is 0.617. The number of nitrogens with zero attached hydrogens (tertiary/aromatic N) is 3. The highest BCUT2D eigenvalue weighted by molar-refractivity contribution is 7.89. The van der Waals surface area contributed by atoms with Gasteiger partial charge >= 0.3 is 0 Å². The zero-order valence-corrected chi connectivity index (χ0v) is 17.3. The van der Waals surface area contributed by atoms with Crippen LogP contribution < -0.4 is 10.9 Å². The number of benzene rings is 2. The third-order valence-electron chi connectivity index (χ3n) is 4.58. The zero-order chi connectivity index (χ0) is 21.9. The molecular formula is C20H21FN4O4S. The Labute approximate surface area is 173 Å². The van der Waals surface area contributed by atoms with Crippen molar-refractivity contribution in [2.24, 2.45) is 0 Å². The van der Waals surface area contributed by atoms with Crippen molar-refractivity contribution in [1.82, 2.24) is 13.9 Å². The molecule has 8 nitrogen and oxygen atoms in total. The zero-order valence-electron chi connectivity index (χ0n) is 16.5. The van der Waals surface area contributed by atoms with E-state index in [1.54, 1.807) is 13.8 Å². The molecule has 0 spiro atoms. The molecule has 30 heavy (non-hydrogen) atoms. The van der Waals surface area contributed by atoms with Crippen LogP contribution in [0.4, 0.5) is 10.1 Å². The second kappa shape index (κ2) is 8.72. The van der Waals surface area contributed by atoms with Gasteiger partial charge in [0.15, 0.2) is 0 Å². The Morgan fingerprint density at radius 2 is 1.80 bits per heavy atom. The number of amides is 1. The summed E-state index contributed by atoms with van der Waals surface area (Å²) in [4.78, 5) is 28.9. The number of halogens is 1. The molecule has 1 heterocycles. The molecule has 0 radical (unpaired) electrons. The normalized spacial score (nSPS) is 11.7. The van der Waals surface area contributed by atoms with E-state index in [4.69, 9.17) is 0 Å². The Balaban J connectivity index is 1.74. The first-order valence-electron chi connectivity index (χ1n) is 9.31. The Bertz CT molecular complexity index is 1240. The lowest BCUT2D eigenvalue weighted by Crippen LogP contribution is -2.30. The first-order valence-corrected chi connectivity index (χ1v) is 10.7. The number of hydrogen-bond acceptors (Lipinski definition) is 5. The average molecular weight is 432 g/mol. The molecule has 3 rings (SSSR count). The van der Waals surface area contributed by atoms with E-state index in [-0.39, 0.29) is 22.3 Å². The number of rotatable bonds is 7. The van der Waals surface area contributed by atoms with Crippen molar-refractivity contribution in [2.75, 3.05) is 18.4 Å². The topological polar surface area (TPSA) is 101 Å². The van der Waals surface area contributed by atoms with Crippen LogP contribution in [-0.2, 0) is 21.4 Å². The lowest BCUT2D eigenvalue weighted by molar-refractivity contribution is -0.116. The summed E-state index contributed by atoms with van der Waals surface area (Å²) in [6.45, 7) is 3.95. The van der Waals surface area contributed by atoms with Crippen molar-refractivity contribution < 1.29 is 17.6 Å². The predicted molar refractivity (Wildman–Crippen MR) is 111 cm³/mol. The number of anilines is 1. The summed E-state index contributed by atoms with van der Waals surface area (Å²) in [5, 5.41) is 2.82. The van der Waals surface area contributed by atoms with Crippen LogP contribution in [0.3, 0.4) is 0 Å². The van der Waals surface area contributed by atoms with Crippen molar-refractivity contribution >= 4 is 32.5 Å².